The molecule has 0 aliphatic carbocycles. The standard InChI is InChI=1S/C21H24N2O5S/c1-15-4-2-3-11-23(15)29(25,26)18-8-6-17(7-9-18)21(24)22-13-16-5-10-19-20(12-16)28-14-27-19/h5-10,12,15H,2-4,11,13-14H2,1H3,(H,22,24)/t15-/m1/s1. The Morgan fingerprint density at radius 2 is 1.86 bits per heavy atom. The van der Waals surface area contributed by atoms with Gasteiger partial charge in [0.1, 0.15) is 0 Å². The van der Waals surface area contributed by atoms with Crippen molar-refractivity contribution in [3.63, 3.8) is 0 Å². The van der Waals surface area contributed by atoms with Gasteiger partial charge in [0.25, 0.3) is 5.91 Å². The van der Waals surface area contributed by atoms with Crippen LogP contribution in [0.25, 0.3) is 0 Å². The summed E-state index contributed by atoms with van der Waals surface area (Å²) < 4.78 is 37.9. The predicted octanol–water partition coefficient (Wildman–Crippen LogP) is 2.91. The van der Waals surface area contributed by atoms with Gasteiger partial charge in [0.05, 0.1) is 4.90 Å². The van der Waals surface area contributed by atoms with Crippen LogP contribution in [-0.2, 0) is 16.6 Å². The summed E-state index contributed by atoms with van der Waals surface area (Å²) in [6.07, 6.45) is 2.80. The van der Waals surface area contributed by atoms with Gasteiger partial charge >= 0.3 is 0 Å². The van der Waals surface area contributed by atoms with E-state index in [1.807, 2.05) is 25.1 Å². The first-order valence-electron chi connectivity index (χ1n) is 9.74. The van der Waals surface area contributed by atoms with Gasteiger partial charge in [-0.2, -0.15) is 4.31 Å². The van der Waals surface area contributed by atoms with Crippen LogP contribution >= 0.6 is 0 Å². The Morgan fingerprint density at radius 1 is 1.10 bits per heavy atom. The number of ether oxygens (including phenoxy) is 2. The fourth-order valence-corrected chi connectivity index (χ4v) is 5.38. The molecule has 154 valence electrons. The summed E-state index contributed by atoms with van der Waals surface area (Å²) in [5.74, 6) is 1.09. The molecule has 0 spiro atoms. The largest absolute Gasteiger partial charge is 0.454 e. The van der Waals surface area contributed by atoms with Crippen LogP contribution in [0.5, 0.6) is 11.5 Å². The Kier molecular flexibility index (Phi) is 5.47. The third-order valence-corrected chi connectivity index (χ3v) is 7.38. The maximum absolute atomic E-state index is 12.9. The van der Waals surface area contributed by atoms with Crippen molar-refractivity contribution in [3.05, 3.63) is 53.6 Å². The fourth-order valence-electron chi connectivity index (χ4n) is 3.68. The molecule has 29 heavy (non-hydrogen) atoms. The van der Waals surface area contributed by atoms with E-state index in [1.165, 1.54) is 12.1 Å². The highest BCUT2D eigenvalue weighted by Gasteiger charge is 2.30. The van der Waals surface area contributed by atoms with Crippen LogP contribution in [0.15, 0.2) is 47.4 Å². The van der Waals surface area contributed by atoms with E-state index in [2.05, 4.69) is 5.32 Å². The van der Waals surface area contributed by atoms with Crippen molar-refractivity contribution in [1.82, 2.24) is 9.62 Å². The summed E-state index contributed by atoms with van der Waals surface area (Å²) in [4.78, 5) is 12.7. The summed E-state index contributed by atoms with van der Waals surface area (Å²) in [5.41, 5.74) is 1.30. The number of benzene rings is 2. The molecule has 7 nitrogen and oxygen atoms in total. The summed E-state index contributed by atoms with van der Waals surface area (Å²) in [7, 11) is -3.54. The van der Waals surface area contributed by atoms with E-state index in [0.717, 1.165) is 24.8 Å². The molecule has 0 saturated carbocycles. The molecule has 0 unspecified atom stereocenters. The van der Waals surface area contributed by atoms with E-state index in [9.17, 15) is 13.2 Å². The molecule has 2 aliphatic heterocycles. The number of rotatable bonds is 5. The fraction of sp³-hybridized carbons (Fsp3) is 0.381. The van der Waals surface area contributed by atoms with Gasteiger partial charge in [-0.1, -0.05) is 12.5 Å². The van der Waals surface area contributed by atoms with Crippen molar-refractivity contribution in [3.8, 4) is 11.5 Å². The summed E-state index contributed by atoms with van der Waals surface area (Å²) in [6, 6.07) is 11.6. The number of nitrogens with one attached hydrogen (secondary N) is 1. The van der Waals surface area contributed by atoms with E-state index in [0.29, 0.717) is 30.2 Å². The van der Waals surface area contributed by atoms with Crippen molar-refractivity contribution < 1.29 is 22.7 Å². The molecule has 8 heteroatoms. The Morgan fingerprint density at radius 3 is 2.62 bits per heavy atom. The van der Waals surface area contributed by atoms with Gasteiger partial charge in [0.2, 0.25) is 16.8 Å². The smallest absolute Gasteiger partial charge is 0.251 e. The van der Waals surface area contributed by atoms with Crippen molar-refractivity contribution in [2.45, 2.75) is 43.7 Å². The zero-order valence-corrected chi connectivity index (χ0v) is 17.1. The third kappa shape index (κ3) is 4.09. The molecule has 2 heterocycles. The quantitative estimate of drug-likeness (QED) is 0.810. The lowest BCUT2D eigenvalue weighted by molar-refractivity contribution is 0.0950. The molecule has 1 amide bonds. The zero-order chi connectivity index (χ0) is 20.4. The molecule has 2 aromatic rings. The van der Waals surface area contributed by atoms with Gasteiger partial charge < -0.3 is 14.8 Å². The first kappa shape index (κ1) is 19.7. The minimum atomic E-state index is -3.54. The highest BCUT2D eigenvalue weighted by Crippen LogP contribution is 2.32. The summed E-state index contributed by atoms with van der Waals surface area (Å²) >= 11 is 0. The Hall–Kier alpha value is -2.58. The highest BCUT2D eigenvalue weighted by molar-refractivity contribution is 7.89. The van der Waals surface area contributed by atoms with Crippen LogP contribution in [0.2, 0.25) is 0 Å². The molecule has 1 fully saturated rings. The maximum Gasteiger partial charge on any atom is 0.251 e. The number of carbonyl (C=O) groups excluding carboxylic acids is 1. The molecule has 1 N–H and O–H groups in total. The Labute approximate surface area is 170 Å². The topological polar surface area (TPSA) is 84.9 Å². The number of fused-ring (bicyclic) bond motifs is 1. The van der Waals surface area contributed by atoms with Crippen LogP contribution in [0.1, 0.15) is 42.1 Å². The van der Waals surface area contributed by atoms with Gasteiger partial charge in [-0.05, 0) is 61.7 Å². The molecule has 2 aliphatic rings. The predicted molar refractivity (Wildman–Crippen MR) is 107 cm³/mol. The molecule has 1 atom stereocenters. The van der Waals surface area contributed by atoms with E-state index in [1.54, 1.807) is 16.4 Å². The molecule has 1 saturated heterocycles. The number of hydrogen-bond acceptors (Lipinski definition) is 5. The lowest BCUT2D eigenvalue weighted by Gasteiger charge is -2.32. The molecule has 0 bridgehead atoms. The molecular formula is C21H24N2O5S. The van der Waals surface area contributed by atoms with Gasteiger partial charge in [-0.25, -0.2) is 8.42 Å². The van der Waals surface area contributed by atoms with Crippen LogP contribution in [0.3, 0.4) is 0 Å². The summed E-state index contributed by atoms with van der Waals surface area (Å²) in [6.45, 7) is 3.02. The molecular weight excluding hydrogens is 392 g/mol. The number of amides is 1. The minimum Gasteiger partial charge on any atom is -0.454 e. The Balaban J connectivity index is 1.41. The van der Waals surface area contributed by atoms with Crippen LogP contribution in [0.4, 0.5) is 0 Å². The first-order chi connectivity index (χ1) is 13.9. The zero-order valence-electron chi connectivity index (χ0n) is 16.3. The Bertz CT molecular complexity index is 1000. The second kappa shape index (κ2) is 8.04. The molecule has 2 aromatic carbocycles. The summed E-state index contributed by atoms with van der Waals surface area (Å²) in [5, 5.41) is 2.84. The second-order valence-corrected chi connectivity index (χ2v) is 9.25. The van der Waals surface area contributed by atoms with Crippen molar-refractivity contribution in [2.75, 3.05) is 13.3 Å². The number of hydrogen-bond donors (Lipinski definition) is 1. The molecule has 4 rings (SSSR count). The van der Waals surface area contributed by atoms with Crippen LogP contribution < -0.4 is 14.8 Å². The van der Waals surface area contributed by atoms with Crippen molar-refractivity contribution in [2.24, 2.45) is 0 Å². The number of nitrogens with zero attached hydrogens (tertiary/aromatic N) is 1. The second-order valence-electron chi connectivity index (χ2n) is 7.36. The molecule has 0 aromatic heterocycles. The van der Waals surface area contributed by atoms with Crippen LogP contribution in [-0.4, -0.2) is 38.0 Å². The minimum absolute atomic E-state index is 0.00146. The van der Waals surface area contributed by atoms with Gasteiger partial charge in [0.15, 0.2) is 11.5 Å². The SMILES string of the molecule is C[C@@H]1CCCCN1S(=O)(=O)c1ccc(C(=O)NCc2ccc3c(c2)OCO3)cc1. The number of carbonyl (C=O) groups is 1. The van der Waals surface area contributed by atoms with E-state index >= 15 is 0 Å². The number of piperidine rings is 1. The highest BCUT2D eigenvalue weighted by atomic mass is 32.2. The van der Waals surface area contributed by atoms with E-state index in [-0.39, 0.29) is 23.6 Å². The lowest BCUT2D eigenvalue weighted by atomic mass is 10.1. The normalized spacial score (nSPS) is 19.1. The average molecular weight is 416 g/mol. The van der Waals surface area contributed by atoms with E-state index < -0.39 is 10.0 Å². The van der Waals surface area contributed by atoms with Crippen molar-refractivity contribution in [1.29, 1.82) is 0 Å². The van der Waals surface area contributed by atoms with Crippen molar-refractivity contribution >= 4 is 15.9 Å². The number of sulfonamides is 1. The van der Waals surface area contributed by atoms with Gasteiger partial charge in [-0.15, -0.1) is 0 Å². The van der Waals surface area contributed by atoms with Gasteiger partial charge in [-0.3, -0.25) is 4.79 Å². The van der Waals surface area contributed by atoms with Crippen LogP contribution in [0, 0.1) is 0 Å². The first-order valence-corrected chi connectivity index (χ1v) is 11.2. The maximum atomic E-state index is 12.9. The van der Waals surface area contributed by atoms with Gasteiger partial charge in [0, 0.05) is 24.7 Å². The monoisotopic (exact) mass is 416 g/mol. The third-order valence-electron chi connectivity index (χ3n) is 5.36. The van der Waals surface area contributed by atoms with E-state index in [4.69, 9.17) is 9.47 Å². The molecule has 0 radical (unpaired) electrons. The average Bonchev–Trinajstić information content (AvgIpc) is 3.20. The lowest BCUT2D eigenvalue weighted by Crippen LogP contribution is -2.41.